The van der Waals surface area contributed by atoms with Crippen molar-refractivity contribution in [2.45, 2.75) is 48.5 Å². The Morgan fingerprint density at radius 3 is 2.47 bits per heavy atom. The molecule has 0 amide bonds. The fourth-order valence-electron chi connectivity index (χ4n) is 3.68. The highest BCUT2D eigenvalue weighted by atomic mass is 35.5. The maximum Gasteiger partial charge on any atom is 0.312 e. The lowest BCUT2D eigenvalue weighted by molar-refractivity contribution is -0.154. The molecule has 2 aromatic carbocycles. The molecule has 0 bridgehead atoms. The number of furan rings is 1. The van der Waals surface area contributed by atoms with Gasteiger partial charge in [-0.25, -0.2) is 8.42 Å². The molecule has 2 heterocycles. The number of pyridine rings is 1. The molecule has 9 nitrogen and oxygen atoms in total. The summed E-state index contributed by atoms with van der Waals surface area (Å²) in [5.74, 6) is -0.970. The van der Waals surface area contributed by atoms with Gasteiger partial charge < -0.3 is 9.15 Å². The van der Waals surface area contributed by atoms with Gasteiger partial charge in [0, 0.05) is 22.7 Å². The fraction of sp³-hybridized carbons (Fsp3) is 0.231. The van der Waals surface area contributed by atoms with Crippen molar-refractivity contribution < 1.29 is 30.8 Å². The third kappa shape index (κ3) is 6.72. The minimum Gasteiger partial charge on any atom is -0.460 e. The topological polar surface area (TPSA) is 133 Å². The molecule has 200 valence electrons. The fourth-order valence-corrected chi connectivity index (χ4v) is 6.45. The molecule has 38 heavy (non-hydrogen) atoms. The van der Waals surface area contributed by atoms with Crippen LogP contribution in [0.25, 0.3) is 11.0 Å². The van der Waals surface area contributed by atoms with Crippen LogP contribution < -0.4 is 4.72 Å². The second-order valence-electron chi connectivity index (χ2n) is 9.53. The number of sulfonamides is 1. The Morgan fingerprint density at radius 2 is 1.76 bits per heavy atom. The number of carbonyl (C=O) groups is 1. The van der Waals surface area contributed by atoms with E-state index in [9.17, 15) is 21.6 Å². The van der Waals surface area contributed by atoms with E-state index in [-0.39, 0.29) is 27.1 Å². The molecule has 0 saturated heterocycles. The van der Waals surface area contributed by atoms with E-state index >= 15 is 0 Å². The van der Waals surface area contributed by atoms with Crippen LogP contribution in [0.5, 0.6) is 0 Å². The lowest BCUT2D eigenvalue weighted by Gasteiger charge is -2.19. The van der Waals surface area contributed by atoms with E-state index in [0.29, 0.717) is 22.2 Å². The van der Waals surface area contributed by atoms with E-state index < -0.39 is 37.2 Å². The van der Waals surface area contributed by atoms with Gasteiger partial charge in [-0.2, -0.15) is 8.42 Å². The molecule has 0 radical (unpaired) electrons. The van der Waals surface area contributed by atoms with E-state index in [1.165, 1.54) is 42.6 Å². The number of carbonyl (C=O) groups excluding carboxylic acids is 1. The van der Waals surface area contributed by atoms with Crippen LogP contribution in [0.15, 0.2) is 81.3 Å². The Bertz CT molecular complexity index is 1690. The third-order valence-electron chi connectivity index (χ3n) is 5.17. The summed E-state index contributed by atoms with van der Waals surface area (Å²) in [6, 6.07) is 14.9. The van der Waals surface area contributed by atoms with E-state index in [4.69, 9.17) is 20.8 Å². The number of esters is 1. The molecule has 0 saturated carbocycles. The highest BCUT2D eigenvalue weighted by Gasteiger charge is 2.26. The van der Waals surface area contributed by atoms with Gasteiger partial charge in [0.15, 0.2) is 9.84 Å². The Balaban J connectivity index is 1.61. The molecule has 0 unspecified atom stereocenters. The number of nitrogens with zero attached hydrogens (tertiary/aromatic N) is 1. The first-order valence-corrected chi connectivity index (χ1v) is 14.9. The summed E-state index contributed by atoms with van der Waals surface area (Å²) >= 11 is 6.08. The lowest BCUT2D eigenvalue weighted by atomic mass is 10.2. The second kappa shape index (κ2) is 10.4. The minimum absolute atomic E-state index is 0.130. The molecule has 0 aliphatic heterocycles. The molecular weight excluding hydrogens is 552 g/mol. The summed E-state index contributed by atoms with van der Waals surface area (Å²) in [6.07, 6.45) is 1.27. The van der Waals surface area contributed by atoms with Gasteiger partial charge in [-0.05, 0) is 62.7 Å². The monoisotopic (exact) mass is 576 g/mol. The maximum absolute atomic E-state index is 13.4. The number of rotatable bonds is 8. The number of fused-ring (bicyclic) bond motifs is 1. The van der Waals surface area contributed by atoms with E-state index in [1.807, 2.05) is 0 Å². The summed E-state index contributed by atoms with van der Waals surface area (Å²) in [6.45, 7) is 5.23. The number of aromatic nitrogens is 1. The van der Waals surface area contributed by atoms with Crippen LogP contribution in [0.1, 0.15) is 32.0 Å². The molecule has 0 aliphatic rings. The lowest BCUT2D eigenvalue weighted by Crippen LogP contribution is -2.25. The Hall–Kier alpha value is -3.41. The molecule has 0 fully saturated rings. The van der Waals surface area contributed by atoms with Crippen molar-refractivity contribution in [2.75, 3.05) is 4.72 Å². The average molecular weight is 577 g/mol. The Labute approximate surface area is 225 Å². The van der Waals surface area contributed by atoms with Crippen LogP contribution in [-0.4, -0.2) is 33.4 Å². The number of anilines is 1. The highest BCUT2D eigenvalue weighted by molar-refractivity contribution is 7.93. The molecule has 0 spiro atoms. The second-order valence-corrected chi connectivity index (χ2v) is 13.5. The van der Waals surface area contributed by atoms with Gasteiger partial charge >= 0.3 is 5.97 Å². The summed E-state index contributed by atoms with van der Waals surface area (Å²) in [5.41, 5.74) is 0.180. The molecule has 2 aromatic heterocycles. The first-order valence-electron chi connectivity index (χ1n) is 11.4. The van der Waals surface area contributed by atoms with Crippen LogP contribution in [0.2, 0.25) is 5.02 Å². The zero-order valence-electron chi connectivity index (χ0n) is 20.8. The van der Waals surface area contributed by atoms with Gasteiger partial charge in [0.1, 0.15) is 11.2 Å². The van der Waals surface area contributed by atoms with Crippen molar-refractivity contribution in [1.82, 2.24) is 4.98 Å². The molecule has 4 rings (SSSR count). The van der Waals surface area contributed by atoms with Gasteiger partial charge in [-0.15, -0.1) is 0 Å². The van der Waals surface area contributed by atoms with Crippen LogP contribution in [0.4, 0.5) is 5.69 Å². The van der Waals surface area contributed by atoms with Gasteiger partial charge in [-0.1, -0.05) is 29.8 Å². The maximum atomic E-state index is 13.4. The van der Waals surface area contributed by atoms with E-state index in [0.717, 1.165) is 0 Å². The van der Waals surface area contributed by atoms with E-state index in [2.05, 4.69) is 9.71 Å². The van der Waals surface area contributed by atoms with Crippen LogP contribution >= 0.6 is 11.6 Å². The smallest absolute Gasteiger partial charge is 0.312 e. The van der Waals surface area contributed by atoms with Gasteiger partial charge in [0.05, 0.1) is 28.5 Å². The van der Waals surface area contributed by atoms with Crippen LogP contribution in [0, 0.1) is 0 Å². The summed E-state index contributed by atoms with van der Waals surface area (Å²) < 4.78 is 66.0. The SMILES string of the molecule is CC(C)(C)OC(=O)Cc1cc(CS(=O)(=O)c2ccc(Cl)cc2NS(=O)(=O)c2cc3ccccc3o2)ccn1. The standard InChI is InChI=1S/C26H25ClN2O7S2/c1-26(2,3)36-24(30)15-20-12-17(10-11-28-20)16-37(31,32)23-9-8-19(27)14-21(23)29-38(33,34)25-13-18-6-4-5-7-22(18)35-25/h4-14,29H,15-16H2,1-3H3. The third-order valence-corrected chi connectivity index (χ3v) is 8.37. The number of para-hydroxylation sites is 1. The first-order chi connectivity index (χ1) is 17.7. The molecule has 1 N–H and O–H groups in total. The predicted octanol–water partition coefficient (Wildman–Crippen LogP) is 5.14. The van der Waals surface area contributed by atoms with Crippen molar-refractivity contribution in [3.8, 4) is 0 Å². The van der Waals surface area contributed by atoms with Crippen LogP contribution in [-0.2, 0) is 41.6 Å². The number of benzene rings is 2. The van der Waals surface area contributed by atoms with Crippen molar-refractivity contribution in [3.63, 3.8) is 0 Å². The minimum atomic E-state index is -4.28. The molecule has 0 atom stereocenters. The number of ether oxygens (including phenoxy) is 1. The largest absolute Gasteiger partial charge is 0.460 e. The zero-order chi connectivity index (χ0) is 27.7. The van der Waals surface area contributed by atoms with Gasteiger partial charge in [0.25, 0.3) is 10.0 Å². The number of nitrogens with one attached hydrogen (secondary N) is 1. The first kappa shape index (κ1) is 27.6. The molecule has 12 heteroatoms. The average Bonchev–Trinajstić information content (AvgIpc) is 3.23. The summed E-state index contributed by atoms with van der Waals surface area (Å²) in [4.78, 5) is 16.0. The molecule has 0 aliphatic carbocycles. The van der Waals surface area contributed by atoms with Crippen LogP contribution in [0.3, 0.4) is 0 Å². The summed E-state index contributed by atoms with van der Waals surface area (Å²) in [5, 5.41) is 0.337. The van der Waals surface area contributed by atoms with Crippen molar-refractivity contribution >= 4 is 54.1 Å². The quantitative estimate of drug-likeness (QED) is 0.285. The Kier molecular flexibility index (Phi) is 7.55. The number of hydrogen-bond acceptors (Lipinski definition) is 8. The molecule has 4 aromatic rings. The highest BCUT2D eigenvalue weighted by Crippen LogP contribution is 2.31. The van der Waals surface area contributed by atoms with Gasteiger partial charge in [-0.3, -0.25) is 14.5 Å². The van der Waals surface area contributed by atoms with Crippen molar-refractivity contribution in [2.24, 2.45) is 0 Å². The number of halogens is 1. The zero-order valence-corrected chi connectivity index (χ0v) is 23.2. The number of sulfone groups is 1. The molecular formula is C26H25ClN2O7S2. The summed E-state index contributed by atoms with van der Waals surface area (Å²) in [7, 11) is -8.36. The predicted molar refractivity (Wildman–Crippen MR) is 143 cm³/mol. The van der Waals surface area contributed by atoms with Crippen molar-refractivity contribution in [1.29, 1.82) is 0 Å². The Morgan fingerprint density at radius 1 is 1.03 bits per heavy atom. The van der Waals surface area contributed by atoms with Gasteiger partial charge in [0.2, 0.25) is 5.09 Å². The number of hydrogen-bond donors (Lipinski definition) is 1. The van der Waals surface area contributed by atoms with Crippen molar-refractivity contribution in [3.05, 3.63) is 83.1 Å². The van der Waals surface area contributed by atoms with E-state index in [1.54, 1.807) is 45.0 Å². The normalized spacial score (nSPS) is 12.4.